The Kier molecular flexibility index (Phi) is 9.28. The van der Waals surface area contributed by atoms with Gasteiger partial charge in [-0.1, -0.05) is 6.42 Å². The van der Waals surface area contributed by atoms with E-state index >= 15 is 0 Å². The van der Waals surface area contributed by atoms with Crippen LogP contribution >= 0.6 is 7.60 Å². The van der Waals surface area contributed by atoms with Crippen LogP contribution in [0.1, 0.15) is 39.5 Å². The van der Waals surface area contributed by atoms with Crippen molar-refractivity contribution in [2.75, 3.05) is 19.4 Å². The third kappa shape index (κ3) is 7.82. The Bertz CT molecular complexity index is 275. The monoisotopic (exact) mass is 281 g/mol. The first kappa shape index (κ1) is 17.6. The minimum atomic E-state index is -2.95. The highest BCUT2D eigenvalue weighted by atomic mass is 31.2. The van der Waals surface area contributed by atoms with Gasteiger partial charge < -0.3 is 24.7 Å². The van der Waals surface area contributed by atoms with E-state index in [0.717, 1.165) is 12.8 Å². The standard InChI is InChI=1S/C11H24NO5P/c1-3-16-18(15,17-4-2)9-7-5-6-8-10(12)11(13)14/h10H,3-9,12H2,1-2H3,(H,13,14)/t10-/m0/s1. The third-order valence-corrected chi connectivity index (χ3v) is 4.64. The predicted molar refractivity (Wildman–Crippen MR) is 65.9 cm³/mol. The highest BCUT2D eigenvalue weighted by Crippen LogP contribution is 2.48. The van der Waals surface area contributed by atoms with Gasteiger partial charge in [-0.2, -0.15) is 0 Å². The molecule has 7 heteroatoms. The van der Waals surface area contributed by atoms with Gasteiger partial charge in [-0.15, -0.1) is 0 Å². The molecule has 18 heavy (non-hydrogen) atoms. The Balaban J connectivity index is 3.80. The summed E-state index contributed by atoms with van der Waals surface area (Å²) in [5.74, 6) is -1.12. The van der Waals surface area contributed by atoms with E-state index in [1.165, 1.54) is 0 Å². The van der Waals surface area contributed by atoms with Gasteiger partial charge >= 0.3 is 7.60 Å². The average Bonchev–Trinajstić information content (AvgIpc) is 2.28. The highest BCUT2D eigenvalue weighted by Gasteiger charge is 2.22. The summed E-state index contributed by atoms with van der Waals surface area (Å²) in [5, 5.41) is 10.4. The van der Waals surface area contributed by atoms with Gasteiger partial charge in [0.15, 0.2) is 0 Å². The lowest BCUT2D eigenvalue weighted by molar-refractivity contribution is -0.438. The molecular formula is C11H24NO5P. The number of quaternary nitrogens is 1. The molecule has 0 unspecified atom stereocenters. The number of hydrogen-bond donors (Lipinski definition) is 1. The molecule has 0 bridgehead atoms. The van der Waals surface area contributed by atoms with Crippen molar-refractivity contribution in [3.8, 4) is 0 Å². The molecule has 0 radical (unpaired) electrons. The van der Waals surface area contributed by atoms with Gasteiger partial charge in [0.2, 0.25) is 0 Å². The number of carbonyl (C=O) groups is 1. The summed E-state index contributed by atoms with van der Waals surface area (Å²) in [7, 11) is -2.95. The van der Waals surface area contributed by atoms with Crippen LogP contribution in [0.2, 0.25) is 0 Å². The maximum atomic E-state index is 12.1. The van der Waals surface area contributed by atoms with Crippen molar-refractivity contribution in [1.82, 2.24) is 0 Å². The maximum Gasteiger partial charge on any atom is 0.330 e. The van der Waals surface area contributed by atoms with Crippen LogP contribution in [0.25, 0.3) is 0 Å². The van der Waals surface area contributed by atoms with Crippen molar-refractivity contribution < 1.29 is 29.2 Å². The van der Waals surface area contributed by atoms with Crippen LogP contribution in [0.3, 0.4) is 0 Å². The molecule has 0 aromatic carbocycles. The Labute approximate surface area is 108 Å². The zero-order valence-corrected chi connectivity index (χ0v) is 12.1. The molecule has 3 N–H and O–H groups in total. The van der Waals surface area contributed by atoms with Gasteiger partial charge in [0.05, 0.1) is 25.3 Å². The molecule has 0 saturated heterocycles. The second-order valence-corrected chi connectivity index (χ2v) is 6.22. The molecule has 0 heterocycles. The maximum absolute atomic E-state index is 12.1. The molecule has 0 amide bonds. The molecule has 0 aliphatic heterocycles. The van der Waals surface area contributed by atoms with Crippen LogP contribution in [-0.2, 0) is 18.4 Å². The van der Waals surface area contributed by atoms with Gasteiger partial charge in [-0.3, -0.25) is 4.57 Å². The second kappa shape index (κ2) is 9.50. The summed E-state index contributed by atoms with van der Waals surface area (Å²) in [6.45, 7) is 4.28. The summed E-state index contributed by atoms with van der Waals surface area (Å²) >= 11 is 0. The molecule has 0 saturated carbocycles. The molecule has 0 aromatic rings. The molecule has 0 aromatic heterocycles. The molecule has 0 aliphatic carbocycles. The van der Waals surface area contributed by atoms with Crippen molar-refractivity contribution in [1.29, 1.82) is 0 Å². The topological polar surface area (TPSA) is 103 Å². The van der Waals surface area contributed by atoms with Crippen molar-refractivity contribution in [2.24, 2.45) is 0 Å². The Morgan fingerprint density at radius 1 is 1.22 bits per heavy atom. The number of unbranched alkanes of at least 4 members (excludes halogenated alkanes) is 2. The Morgan fingerprint density at radius 2 is 1.78 bits per heavy atom. The van der Waals surface area contributed by atoms with E-state index in [1.54, 1.807) is 13.8 Å². The SMILES string of the molecule is CCOP(=O)(CCCCC[C@H]([NH3+])C(=O)[O-])OCC. The van der Waals surface area contributed by atoms with Gasteiger partial charge in [0, 0.05) is 6.42 Å². The minimum absolute atomic E-state index is 0.364. The summed E-state index contributed by atoms with van der Waals surface area (Å²) in [6, 6.07) is -0.671. The molecule has 0 rings (SSSR count). The second-order valence-electron chi connectivity index (χ2n) is 4.04. The number of rotatable bonds is 11. The van der Waals surface area contributed by atoms with Gasteiger partial charge in [-0.05, 0) is 26.7 Å². The largest absolute Gasteiger partial charge is 0.544 e. The van der Waals surface area contributed by atoms with Gasteiger partial charge in [0.1, 0.15) is 6.04 Å². The minimum Gasteiger partial charge on any atom is -0.544 e. The van der Waals surface area contributed by atoms with Crippen LogP contribution in [0, 0.1) is 0 Å². The summed E-state index contributed by atoms with van der Waals surface area (Å²) in [5.41, 5.74) is 3.48. The fraction of sp³-hybridized carbons (Fsp3) is 0.909. The normalized spacial score (nSPS) is 13.5. The number of hydrogen-bond acceptors (Lipinski definition) is 5. The summed E-state index contributed by atoms with van der Waals surface area (Å²) in [4.78, 5) is 10.4. The molecular weight excluding hydrogens is 257 g/mol. The molecule has 1 atom stereocenters. The third-order valence-electron chi connectivity index (χ3n) is 2.47. The number of aliphatic carboxylic acids is 1. The number of carboxylic acids is 1. The lowest BCUT2D eigenvalue weighted by Gasteiger charge is -2.16. The summed E-state index contributed by atoms with van der Waals surface area (Å²) < 4.78 is 22.4. The van der Waals surface area contributed by atoms with Crippen molar-refractivity contribution in [3.05, 3.63) is 0 Å². The zero-order valence-electron chi connectivity index (χ0n) is 11.2. The predicted octanol–water partition coefficient (Wildman–Crippen LogP) is 0.173. The first-order chi connectivity index (χ1) is 8.45. The van der Waals surface area contributed by atoms with E-state index in [4.69, 9.17) is 9.05 Å². The van der Waals surface area contributed by atoms with Gasteiger partial charge in [-0.25, -0.2) is 0 Å². The van der Waals surface area contributed by atoms with Crippen LogP contribution in [0.15, 0.2) is 0 Å². The molecule has 0 fully saturated rings. The fourth-order valence-electron chi connectivity index (χ4n) is 1.55. The van der Waals surface area contributed by atoms with Crippen LogP contribution in [-0.4, -0.2) is 31.4 Å². The van der Waals surface area contributed by atoms with Crippen LogP contribution in [0.4, 0.5) is 0 Å². The lowest BCUT2D eigenvalue weighted by atomic mass is 10.1. The Hall–Kier alpha value is -0.420. The highest BCUT2D eigenvalue weighted by molar-refractivity contribution is 7.53. The Morgan fingerprint density at radius 3 is 2.22 bits per heavy atom. The smallest absolute Gasteiger partial charge is 0.330 e. The molecule has 0 aliphatic rings. The molecule has 0 spiro atoms. The van der Waals surface area contributed by atoms with E-state index in [9.17, 15) is 14.5 Å². The zero-order chi connectivity index (χ0) is 14.0. The van der Waals surface area contributed by atoms with E-state index in [2.05, 4.69) is 5.73 Å². The quantitative estimate of drug-likeness (QED) is 0.429. The fourth-order valence-corrected chi connectivity index (χ4v) is 3.28. The number of carbonyl (C=O) groups excluding carboxylic acids is 1. The van der Waals surface area contributed by atoms with Crippen molar-refractivity contribution >= 4 is 13.6 Å². The molecule has 6 nitrogen and oxygen atoms in total. The average molecular weight is 281 g/mol. The first-order valence-corrected chi connectivity index (χ1v) is 8.10. The van der Waals surface area contributed by atoms with E-state index < -0.39 is 19.6 Å². The number of carboxylic acid groups (broad SMARTS) is 1. The van der Waals surface area contributed by atoms with E-state index in [-0.39, 0.29) is 0 Å². The van der Waals surface area contributed by atoms with Crippen LogP contribution in [0.5, 0.6) is 0 Å². The van der Waals surface area contributed by atoms with Crippen molar-refractivity contribution in [2.45, 2.75) is 45.6 Å². The van der Waals surface area contributed by atoms with E-state index in [0.29, 0.717) is 32.2 Å². The summed E-state index contributed by atoms with van der Waals surface area (Å²) in [6.07, 6.45) is 3.05. The van der Waals surface area contributed by atoms with Crippen molar-refractivity contribution in [3.63, 3.8) is 0 Å². The van der Waals surface area contributed by atoms with E-state index in [1.807, 2.05) is 0 Å². The van der Waals surface area contributed by atoms with Crippen LogP contribution < -0.4 is 10.8 Å². The van der Waals surface area contributed by atoms with Gasteiger partial charge in [0.25, 0.3) is 0 Å². The first-order valence-electron chi connectivity index (χ1n) is 6.37. The molecule has 108 valence electrons. The lowest BCUT2D eigenvalue weighted by Crippen LogP contribution is -2.68.